The van der Waals surface area contributed by atoms with E-state index in [0.717, 1.165) is 33.5 Å². The maximum Gasteiger partial charge on any atom is 0.164 e. The van der Waals surface area contributed by atoms with Gasteiger partial charge in [0.2, 0.25) is 0 Å². The summed E-state index contributed by atoms with van der Waals surface area (Å²) < 4.78 is 2.46. The molecule has 4 heteroatoms. The normalized spacial score (nSPS) is 12.8. The van der Waals surface area contributed by atoms with Crippen molar-refractivity contribution in [2.45, 2.75) is 19.3 Å². The quantitative estimate of drug-likeness (QED) is 0.180. The van der Waals surface area contributed by atoms with Crippen LogP contribution >= 0.6 is 0 Å². The highest BCUT2D eigenvalue weighted by Crippen LogP contribution is 2.53. The van der Waals surface area contributed by atoms with Gasteiger partial charge in [-0.05, 0) is 58.1 Å². The predicted molar refractivity (Wildman–Crippen MR) is 221 cm³/mol. The smallest absolute Gasteiger partial charge is 0.164 e. The lowest BCUT2D eigenvalue weighted by molar-refractivity contribution is 0.646. The van der Waals surface area contributed by atoms with Gasteiger partial charge in [0.05, 0.1) is 11.2 Å². The summed E-state index contributed by atoms with van der Waals surface area (Å²) in [6.45, 7) is 4.71. The fraction of sp³-hybridized carbons (Fsp3) is 0.0600. The van der Waals surface area contributed by atoms with E-state index in [4.69, 9.17) is 15.0 Å². The first-order valence-electron chi connectivity index (χ1n) is 18.5. The van der Waals surface area contributed by atoms with Crippen LogP contribution in [0.2, 0.25) is 0 Å². The average Bonchev–Trinajstić information content (AvgIpc) is 3.55. The Hall–Kier alpha value is -6.91. The zero-order valence-electron chi connectivity index (χ0n) is 30.1. The Balaban J connectivity index is 1.20. The zero-order chi connectivity index (χ0) is 36.2. The number of benzene rings is 7. The van der Waals surface area contributed by atoms with Crippen molar-refractivity contribution in [3.63, 3.8) is 0 Å². The third-order valence-electron chi connectivity index (χ3n) is 10.9. The Kier molecular flexibility index (Phi) is 7.44. The monoisotopic (exact) mass is 692 g/mol. The van der Waals surface area contributed by atoms with Gasteiger partial charge in [-0.25, -0.2) is 15.0 Å². The first-order valence-corrected chi connectivity index (χ1v) is 18.5. The summed E-state index contributed by atoms with van der Waals surface area (Å²) >= 11 is 0. The van der Waals surface area contributed by atoms with Gasteiger partial charge in [-0.1, -0.05) is 166 Å². The van der Waals surface area contributed by atoms with Gasteiger partial charge in [-0.15, -0.1) is 0 Å². The second-order valence-electron chi connectivity index (χ2n) is 14.5. The van der Waals surface area contributed by atoms with E-state index < -0.39 is 0 Å². The Morgan fingerprint density at radius 1 is 0.407 bits per heavy atom. The third kappa shape index (κ3) is 5.18. The van der Waals surface area contributed by atoms with Crippen LogP contribution in [0.15, 0.2) is 182 Å². The van der Waals surface area contributed by atoms with Crippen molar-refractivity contribution in [2.24, 2.45) is 0 Å². The lowest BCUT2D eigenvalue weighted by atomic mass is 9.75. The number of aromatic nitrogens is 4. The van der Waals surface area contributed by atoms with Crippen LogP contribution in [0.3, 0.4) is 0 Å². The van der Waals surface area contributed by atoms with E-state index in [9.17, 15) is 0 Å². The fourth-order valence-corrected chi connectivity index (χ4v) is 8.25. The predicted octanol–water partition coefficient (Wildman–Crippen LogP) is 12.5. The molecule has 0 radical (unpaired) electrons. The molecule has 10 rings (SSSR count). The SMILES string of the molecule is CC1(C)c2ccccc2-c2c(n(-c3ccccc3)c3ccc(-c4cccc(-c5nc(-c6ccccc6)nc(-c6ccccc6)n5)c4)cc23)-c2ccccc21. The van der Waals surface area contributed by atoms with Crippen molar-refractivity contribution in [3.8, 4) is 73.4 Å². The first kappa shape index (κ1) is 31.8. The maximum absolute atomic E-state index is 5.02. The lowest BCUT2D eigenvalue weighted by Crippen LogP contribution is -2.20. The molecule has 2 aromatic heterocycles. The molecule has 9 aromatic rings. The Labute approximate surface area is 315 Å². The third-order valence-corrected chi connectivity index (χ3v) is 10.9. The maximum atomic E-state index is 5.02. The number of hydrogen-bond acceptors (Lipinski definition) is 3. The highest BCUT2D eigenvalue weighted by Gasteiger charge is 2.36. The van der Waals surface area contributed by atoms with Crippen molar-refractivity contribution in [1.82, 2.24) is 19.5 Å². The average molecular weight is 693 g/mol. The molecule has 4 nitrogen and oxygen atoms in total. The number of rotatable bonds is 5. The number of nitrogens with zero attached hydrogens (tertiary/aromatic N) is 4. The van der Waals surface area contributed by atoms with Crippen LogP contribution in [0, 0.1) is 0 Å². The molecule has 2 heterocycles. The Morgan fingerprint density at radius 3 is 1.54 bits per heavy atom. The molecule has 54 heavy (non-hydrogen) atoms. The fourth-order valence-electron chi connectivity index (χ4n) is 8.25. The van der Waals surface area contributed by atoms with E-state index in [1.165, 1.54) is 44.4 Å². The van der Waals surface area contributed by atoms with Gasteiger partial charge in [0.15, 0.2) is 17.5 Å². The van der Waals surface area contributed by atoms with Crippen LogP contribution in [0.1, 0.15) is 25.0 Å². The highest BCUT2D eigenvalue weighted by molar-refractivity contribution is 6.09. The van der Waals surface area contributed by atoms with Crippen molar-refractivity contribution in [3.05, 3.63) is 193 Å². The van der Waals surface area contributed by atoms with Gasteiger partial charge in [-0.3, -0.25) is 0 Å². The summed E-state index contributed by atoms with van der Waals surface area (Å²) in [5.41, 5.74) is 14.9. The van der Waals surface area contributed by atoms with E-state index in [1.54, 1.807) is 0 Å². The number of hydrogen-bond donors (Lipinski definition) is 0. The minimum Gasteiger partial charge on any atom is -0.309 e. The summed E-state index contributed by atoms with van der Waals surface area (Å²) in [6, 6.07) is 64.4. The van der Waals surface area contributed by atoms with E-state index in [1.807, 2.05) is 60.7 Å². The summed E-state index contributed by atoms with van der Waals surface area (Å²) in [4.78, 5) is 15.0. The van der Waals surface area contributed by atoms with E-state index in [2.05, 4.69) is 140 Å². The molecule has 0 atom stereocenters. The molecule has 0 saturated carbocycles. The highest BCUT2D eigenvalue weighted by atomic mass is 15.0. The van der Waals surface area contributed by atoms with Gasteiger partial charge in [0.1, 0.15) is 0 Å². The van der Waals surface area contributed by atoms with E-state index >= 15 is 0 Å². The summed E-state index contributed by atoms with van der Waals surface area (Å²) in [5, 5.41) is 1.22. The summed E-state index contributed by atoms with van der Waals surface area (Å²) in [7, 11) is 0. The molecule has 0 fully saturated rings. The standard InChI is InChI=1S/C50H36N4/c1-50(2)42-27-14-12-25-39(42)45-41-32-36(29-30-44(41)54(38-23-10-5-11-24-38)46(45)40-26-13-15-28-43(40)50)35-21-16-22-37(31-35)49-52-47(33-17-6-3-7-18-33)51-48(53-49)34-19-8-4-9-20-34/h3-32H,1-2H3. The number of para-hydroxylation sites is 1. The molecule has 0 unspecified atom stereocenters. The van der Waals surface area contributed by atoms with Crippen LogP contribution in [-0.2, 0) is 5.41 Å². The second-order valence-corrected chi connectivity index (χ2v) is 14.5. The Bertz CT molecular complexity index is 2780. The molecule has 0 N–H and O–H groups in total. The van der Waals surface area contributed by atoms with Crippen molar-refractivity contribution in [1.29, 1.82) is 0 Å². The van der Waals surface area contributed by atoms with Crippen LogP contribution in [0.5, 0.6) is 0 Å². The topological polar surface area (TPSA) is 43.6 Å². The van der Waals surface area contributed by atoms with Gasteiger partial charge >= 0.3 is 0 Å². The van der Waals surface area contributed by atoms with Crippen LogP contribution in [0.25, 0.3) is 84.3 Å². The van der Waals surface area contributed by atoms with Crippen molar-refractivity contribution in [2.75, 3.05) is 0 Å². The molecule has 0 aliphatic heterocycles. The minimum atomic E-state index is -0.201. The van der Waals surface area contributed by atoms with Crippen LogP contribution in [-0.4, -0.2) is 19.5 Å². The van der Waals surface area contributed by atoms with Crippen LogP contribution < -0.4 is 0 Å². The molecular formula is C50H36N4. The minimum absolute atomic E-state index is 0.201. The van der Waals surface area contributed by atoms with Gasteiger partial charge < -0.3 is 4.57 Å². The molecule has 0 bridgehead atoms. The van der Waals surface area contributed by atoms with E-state index in [0.29, 0.717) is 17.5 Å². The largest absolute Gasteiger partial charge is 0.309 e. The van der Waals surface area contributed by atoms with Crippen molar-refractivity contribution < 1.29 is 0 Å². The second kappa shape index (κ2) is 12.6. The molecule has 1 aliphatic carbocycles. The molecule has 7 aromatic carbocycles. The Morgan fingerprint density at radius 2 is 0.889 bits per heavy atom. The van der Waals surface area contributed by atoms with Crippen LogP contribution in [0.4, 0.5) is 0 Å². The number of fused-ring (bicyclic) bond motifs is 7. The zero-order valence-corrected chi connectivity index (χ0v) is 30.1. The van der Waals surface area contributed by atoms with Crippen molar-refractivity contribution >= 4 is 10.9 Å². The van der Waals surface area contributed by atoms with Gasteiger partial charge in [0, 0.05) is 44.3 Å². The molecule has 256 valence electrons. The van der Waals surface area contributed by atoms with Gasteiger partial charge in [0.25, 0.3) is 0 Å². The molecule has 0 amide bonds. The van der Waals surface area contributed by atoms with E-state index in [-0.39, 0.29) is 5.41 Å². The summed E-state index contributed by atoms with van der Waals surface area (Å²) in [5.74, 6) is 1.94. The first-order chi connectivity index (χ1) is 26.5. The molecule has 1 aliphatic rings. The molecular weight excluding hydrogens is 657 g/mol. The summed E-state index contributed by atoms with van der Waals surface area (Å²) in [6.07, 6.45) is 0. The van der Waals surface area contributed by atoms with Gasteiger partial charge in [-0.2, -0.15) is 0 Å². The molecule has 0 spiro atoms. The molecule has 0 saturated heterocycles. The lowest BCUT2D eigenvalue weighted by Gasteiger charge is -2.28.